The molecule has 1 aromatic heterocycles. The standard InChI is InChI=1S/C14H12S/c1-9-6-7-12-11(8-9)14-10(2)4-3-5-13(14)15-12/h3-8H,1-2H3. The lowest BCUT2D eigenvalue weighted by atomic mass is 10.1. The van der Waals surface area contributed by atoms with Crippen molar-refractivity contribution in [2.45, 2.75) is 13.8 Å². The average Bonchev–Trinajstić information content (AvgIpc) is 2.57. The maximum absolute atomic E-state index is 2.29. The number of thiophene rings is 1. The topological polar surface area (TPSA) is 0 Å². The minimum Gasteiger partial charge on any atom is -0.135 e. The molecule has 0 spiro atoms. The largest absolute Gasteiger partial charge is 0.135 e. The molecule has 0 saturated carbocycles. The molecule has 0 amide bonds. The van der Waals surface area contributed by atoms with Crippen molar-refractivity contribution in [1.29, 1.82) is 0 Å². The zero-order valence-electron chi connectivity index (χ0n) is 8.87. The fourth-order valence-corrected chi connectivity index (χ4v) is 3.28. The van der Waals surface area contributed by atoms with Gasteiger partial charge in [0.15, 0.2) is 0 Å². The molecule has 15 heavy (non-hydrogen) atoms. The first kappa shape index (κ1) is 8.93. The van der Waals surface area contributed by atoms with E-state index in [0.29, 0.717) is 0 Å². The molecule has 0 unspecified atom stereocenters. The quantitative estimate of drug-likeness (QED) is 0.508. The van der Waals surface area contributed by atoms with Gasteiger partial charge >= 0.3 is 0 Å². The summed E-state index contributed by atoms with van der Waals surface area (Å²) in [4.78, 5) is 0. The molecule has 1 heterocycles. The molecule has 0 radical (unpaired) electrons. The predicted octanol–water partition coefficient (Wildman–Crippen LogP) is 4.67. The lowest BCUT2D eigenvalue weighted by molar-refractivity contribution is 1.51. The second-order valence-electron chi connectivity index (χ2n) is 4.05. The predicted molar refractivity (Wildman–Crippen MR) is 68.8 cm³/mol. The highest BCUT2D eigenvalue weighted by molar-refractivity contribution is 7.25. The van der Waals surface area contributed by atoms with Crippen molar-refractivity contribution in [2.24, 2.45) is 0 Å². The van der Waals surface area contributed by atoms with Crippen LogP contribution in [0.5, 0.6) is 0 Å². The minimum absolute atomic E-state index is 1.34. The smallest absolute Gasteiger partial charge is 0.0358 e. The number of rotatable bonds is 0. The van der Waals surface area contributed by atoms with E-state index in [-0.39, 0.29) is 0 Å². The van der Waals surface area contributed by atoms with E-state index in [1.165, 1.54) is 31.3 Å². The normalized spacial score (nSPS) is 11.3. The van der Waals surface area contributed by atoms with Gasteiger partial charge in [-0.2, -0.15) is 0 Å². The molecule has 0 aliphatic rings. The molecular formula is C14H12S. The molecule has 0 N–H and O–H groups in total. The number of hydrogen-bond donors (Lipinski definition) is 0. The van der Waals surface area contributed by atoms with Gasteiger partial charge in [-0.25, -0.2) is 0 Å². The minimum atomic E-state index is 1.34. The SMILES string of the molecule is Cc1ccc2sc3cccc(C)c3c2c1. The summed E-state index contributed by atoms with van der Waals surface area (Å²) in [5, 5.41) is 2.84. The van der Waals surface area contributed by atoms with Crippen LogP contribution in [0.25, 0.3) is 20.2 Å². The van der Waals surface area contributed by atoms with Crippen LogP contribution in [0, 0.1) is 13.8 Å². The molecule has 2 aromatic carbocycles. The lowest BCUT2D eigenvalue weighted by Gasteiger charge is -1.97. The van der Waals surface area contributed by atoms with E-state index in [1.807, 2.05) is 11.3 Å². The van der Waals surface area contributed by atoms with Crippen molar-refractivity contribution in [2.75, 3.05) is 0 Å². The molecule has 0 nitrogen and oxygen atoms in total. The summed E-state index contributed by atoms with van der Waals surface area (Å²) in [6.07, 6.45) is 0. The van der Waals surface area contributed by atoms with Gasteiger partial charge in [0.2, 0.25) is 0 Å². The number of fused-ring (bicyclic) bond motifs is 3. The van der Waals surface area contributed by atoms with Crippen LogP contribution in [-0.2, 0) is 0 Å². The molecule has 0 bridgehead atoms. The van der Waals surface area contributed by atoms with Gasteiger partial charge in [0.05, 0.1) is 0 Å². The summed E-state index contributed by atoms with van der Waals surface area (Å²) in [6.45, 7) is 4.35. The summed E-state index contributed by atoms with van der Waals surface area (Å²) in [7, 11) is 0. The molecule has 0 aliphatic carbocycles. The Balaban J connectivity index is 2.61. The maximum atomic E-state index is 2.29. The third-order valence-electron chi connectivity index (χ3n) is 2.86. The molecule has 1 heteroatoms. The Hall–Kier alpha value is -1.34. The van der Waals surface area contributed by atoms with Crippen molar-refractivity contribution < 1.29 is 0 Å². The van der Waals surface area contributed by atoms with E-state index >= 15 is 0 Å². The first-order valence-electron chi connectivity index (χ1n) is 5.14. The van der Waals surface area contributed by atoms with E-state index in [2.05, 4.69) is 50.2 Å². The van der Waals surface area contributed by atoms with Crippen molar-refractivity contribution in [1.82, 2.24) is 0 Å². The van der Waals surface area contributed by atoms with Crippen molar-refractivity contribution in [3.8, 4) is 0 Å². The first-order chi connectivity index (χ1) is 7.25. The summed E-state index contributed by atoms with van der Waals surface area (Å²) in [5.41, 5.74) is 2.72. The van der Waals surface area contributed by atoms with Gasteiger partial charge in [-0.15, -0.1) is 11.3 Å². The van der Waals surface area contributed by atoms with Crippen molar-refractivity contribution in [3.63, 3.8) is 0 Å². The van der Waals surface area contributed by atoms with Crippen LogP contribution in [-0.4, -0.2) is 0 Å². The summed E-state index contributed by atoms with van der Waals surface area (Å²) in [5.74, 6) is 0. The van der Waals surface area contributed by atoms with Crippen LogP contribution in [0.15, 0.2) is 36.4 Å². The number of hydrogen-bond acceptors (Lipinski definition) is 1. The van der Waals surface area contributed by atoms with Crippen molar-refractivity contribution >= 4 is 31.5 Å². The van der Waals surface area contributed by atoms with E-state index in [9.17, 15) is 0 Å². The number of aryl methyl sites for hydroxylation is 2. The average molecular weight is 212 g/mol. The van der Waals surface area contributed by atoms with Crippen LogP contribution in [0.3, 0.4) is 0 Å². The fourth-order valence-electron chi connectivity index (χ4n) is 2.12. The molecule has 74 valence electrons. The monoisotopic (exact) mass is 212 g/mol. The van der Waals surface area contributed by atoms with Gasteiger partial charge in [0.1, 0.15) is 0 Å². The van der Waals surface area contributed by atoms with E-state index < -0.39 is 0 Å². The van der Waals surface area contributed by atoms with Gasteiger partial charge in [-0.05, 0) is 37.6 Å². The van der Waals surface area contributed by atoms with Crippen LogP contribution in [0.2, 0.25) is 0 Å². The highest BCUT2D eigenvalue weighted by Gasteiger charge is 2.06. The Bertz CT molecular complexity index is 647. The molecule has 0 aliphatic heterocycles. The van der Waals surface area contributed by atoms with Gasteiger partial charge in [0.25, 0.3) is 0 Å². The zero-order chi connectivity index (χ0) is 10.4. The Labute approximate surface area is 93.2 Å². The molecular weight excluding hydrogens is 200 g/mol. The fraction of sp³-hybridized carbons (Fsp3) is 0.143. The molecule has 0 saturated heterocycles. The molecule has 3 aromatic rings. The Kier molecular flexibility index (Phi) is 1.83. The first-order valence-corrected chi connectivity index (χ1v) is 5.96. The Morgan fingerprint density at radius 1 is 0.933 bits per heavy atom. The highest BCUT2D eigenvalue weighted by Crippen LogP contribution is 2.35. The second-order valence-corrected chi connectivity index (χ2v) is 5.13. The summed E-state index contributed by atoms with van der Waals surface area (Å²) in [6, 6.07) is 13.3. The summed E-state index contributed by atoms with van der Waals surface area (Å²) < 4.78 is 2.79. The van der Waals surface area contributed by atoms with Crippen LogP contribution in [0.1, 0.15) is 11.1 Å². The van der Waals surface area contributed by atoms with Crippen LogP contribution >= 0.6 is 11.3 Å². The second kappa shape index (κ2) is 3.07. The third kappa shape index (κ3) is 1.27. The Morgan fingerprint density at radius 3 is 2.67 bits per heavy atom. The van der Waals surface area contributed by atoms with Crippen LogP contribution in [0.4, 0.5) is 0 Å². The van der Waals surface area contributed by atoms with E-state index in [1.54, 1.807) is 0 Å². The lowest BCUT2D eigenvalue weighted by Crippen LogP contribution is -1.74. The van der Waals surface area contributed by atoms with Crippen molar-refractivity contribution in [3.05, 3.63) is 47.5 Å². The number of benzene rings is 2. The third-order valence-corrected chi connectivity index (χ3v) is 3.99. The van der Waals surface area contributed by atoms with Gasteiger partial charge in [-0.1, -0.05) is 23.8 Å². The molecule has 0 atom stereocenters. The molecule has 3 rings (SSSR count). The molecule has 0 fully saturated rings. The van der Waals surface area contributed by atoms with Gasteiger partial charge in [-0.3, -0.25) is 0 Å². The Morgan fingerprint density at radius 2 is 1.80 bits per heavy atom. The van der Waals surface area contributed by atoms with Crippen LogP contribution < -0.4 is 0 Å². The zero-order valence-corrected chi connectivity index (χ0v) is 9.69. The van der Waals surface area contributed by atoms with E-state index in [0.717, 1.165) is 0 Å². The summed E-state index contributed by atoms with van der Waals surface area (Å²) >= 11 is 1.88. The van der Waals surface area contributed by atoms with Gasteiger partial charge < -0.3 is 0 Å². The maximum Gasteiger partial charge on any atom is 0.0358 e. The highest BCUT2D eigenvalue weighted by atomic mass is 32.1. The van der Waals surface area contributed by atoms with E-state index in [4.69, 9.17) is 0 Å². The van der Waals surface area contributed by atoms with Gasteiger partial charge in [0, 0.05) is 20.2 Å².